The molecule has 4 heteroatoms. The quantitative estimate of drug-likeness (QED) is 0.908. The van der Waals surface area contributed by atoms with Crippen LogP contribution in [0.1, 0.15) is 53.8 Å². The molecule has 3 rings (SSSR count). The Morgan fingerprint density at radius 2 is 1.92 bits per heavy atom. The predicted octanol–water partition coefficient (Wildman–Crippen LogP) is 3.87. The van der Waals surface area contributed by atoms with E-state index in [1.54, 1.807) is 6.20 Å². The van der Waals surface area contributed by atoms with E-state index in [0.29, 0.717) is 5.56 Å². The van der Waals surface area contributed by atoms with Crippen LogP contribution in [0.4, 0.5) is 5.69 Å². The average Bonchev–Trinajstić information content (AvgIpc) is 3.15. The van der Waals surface area contributed by atoms with Crippen LogP contribution in [0.15, 0.2) is 42.6 Å². The van der Waals surface area contributed by atoms with Crippen molar-refractivity contribution < 1.29 is 4.79 Å². The van der Waals surface area contributed by atoms with Gasteiger partial charge in [-0.05, 0) is 62.1 Å². The Kier molecular flexibility index (Phi) is 5.14. The first-order valence-electron chi connectivity index (χ1n) is 8.76. The summed E-state index contributed by atoms with van der Waals surface area (Å²) in [7, 11) is 0. The fraction of sp³-hybridized carbons (Fsp3) is 0.400. The van der Waals surface area contributed by atoms with Crippen molar-refractivity contribution in [2.75, 3.05) is 18.0 Å². The molecule has 1 amide bonds. The van der Waals surface area contributed by atoms with E-state index in [4.69, 9.17) is 0 Å². The van der Waals surface area contributed by atoms with Gasteiger partial charge in [-0.1, -0.05) is 13.0 Å². The number of nitrogens with one attached hydrogen (secondary N) is 1. The van der Waals surface area contributed by atoms with E-state index < -0.39 is 0 Å². The van der Waals surface area contributed by atoms with Crippen molar-refractivity contribution in [1.29, 1.82) is 0 Å². The molecule has 0 spiro atoms. The first-order valence-corrected chi connectivity index (χ1v) is 8.76. The molecule has 126 valence electrons. The first-order chi connectivity index (χ1) is 11.7. The van der Waals surface area contributed by atoms with Crippen LogP contribution in [0, 0.1) is 6.92 Å². The molecule has 1 fully saturated rings. The van der Waals surface area contributed by atoms with Crippen molar-refractivity contribution in [1.82, 2.24) is 10.3 Å². The molecule has 1 aliphatic rings. The van der Waals surface area contributed by atoms with Crippen LogP contribution in [0.3, 0.4) is 0 Å². The van der Waals surface area contributed by atoms with Crippen LogP contribution >= 0.6 is 0 Å². The Labute approximate surface area is 143 Å². The monoisotopic (exact) mass is 323 g/mol. The van der Waals surface area contributed by atoms with Crippen LogP contribution in [-0.2, 0) is 0 Å². The number of amides is 1. The summed E-state index contributed by atoms with van der Waals surface area (Å²) >= 11 is 0. The predicted molar refractivity (Wildman–Crippen MR) is 97.4 cm³/mol. The molecule has 1 aromatic heterocycles. The lowest BCUT2D eigenvalue weighted by Crippen LogP contribution is -2.29. The van der Waals surface area contributed by atoms with E-state index in [2.05, 4.69) is 22.1 Å². The fourth-order valence-electron chi connectivity index (χ4n) is 3.27. The van der Waals surface area contributed by atoms with Gasteiger partial charge in [0.25, 0.3) is 5.91 Å². The number of carbonyl (C=O) groups excluding carboxylic acids is 1. The molecule has 2 heterocycles. The van der Waals surface area contributed by atoms with Gasteiger partial charge in [0.2, 0.25) is 0 Å². The van der Waals surface area contributed by atoms with Crippen molar-refractivity contribution in [3.8, 4) is 0 Å². The van der Waals surface area contributed by atoms with Crippen LogP contribution in [-0.4, -0.2) is 24.0 Å². The Hall–Kier alpha value is -2.36. The van der Waals surface area contributed by atoms with Gasteiger partial charge in [0.1, 0.15) is 0 Å². The van der Waals surface area contributed by atoms with E-state index >= 15 is 0 Å². The van der Waals surface area contributed by atoms with Crippen molar-refractivity contribution in [3.63, 3.8) is 0 Å². The van der Waals surface area contributed by atoms with E-state index in [9.17, 15) is 4.79 Å². The second kappa shape index (κ2) is 7.47. The maximum Gasteiger partial charge on any atom is 0.251 e. The molecule has 1 N–H and O–H groups in total. The summed E-state index contributed by atoms with van der Waals surface area (Å²) in [6.45, 7) is 6.32. The molecule has 1 aromatic carbocycles. The molecule has 1 aliphatic heterocycles. The third-order valence-electron chi connectivity index (χ3n) is 4.69. The van der Waals surface area contributed by atoms with Crippen LogP contribution < -0.4 is 10.2 Å². The molecular formula is C20H25N3O. The summed E-state index contributed by atoms with van der Waals surface area (Å²) in [5, 5.41) is 3.11. The van der Waals surface area contributed by atoms with Crippen molar-refractivity contribution in [2.45, 2.75) is 39.2 Å². The lowest BCUT2D eigenvalue weighted by atomic mass is 10.0. The molecule has 1 saturated heterocycles. The maximum absolute atomic E-state index is 12.6. The molecule has 0 aliphatic carbocycles. The van der Waals surface area contributed by atoms with Crippen LogP contribution in [0.25, 0.3) is 0 Å². The minimum Gasteiger partial charge on any atom is -0.372 e. The number of benzene rings is 1. The van der Waals surface area contributed by atoms with Gasteiger partial charge in [0.05, 0.1) is 11.7 Å². The number of carbonyl (C=O) groups is 1. The number of rotatable bonds is 5. The van der Waals surface area contributed by atoms with Gasteiger partial charge < -0.3 is 10.2 Å². The normalized spacial score (nSPS) is 15.3. The number of pyridine rings is 1. The van der Waals surface area contributed by atoms with Gasteiger partial charge in [0, 0.05) is 30.5 Å². The Balaban J connectivity index is 1.70. The highest BCUT2D eigenvalue weighted by molar-refractivity contribution is 5.94. The summed E-state index contributed by atoms with van der Waals surface area (Å²) < 4.78 is 0. The summed E-state index contributed by atoms with van der Waals surface area (Å²) in [6.07, 6.45) is 5.10. The standard InChI is InChI=1S/C20H25N3O/c1-3-18(19-15(2)7-6-12-21-19)22-20(24)16-8-10-17(11-9-16)23-13-4-5-14-23/h6-12,18H,3-5,13-14H2,1-2H3,(H,22,24)/t18-/m0/s1. The average molecular weight is 323 g/mol. The highest BCUT2D eigenvalue weighted by Crippen LogP contribution is 2.22. The zero-order chi connectivity index (χ0) is 16.9. The minimum atomic E-state index is -0.0584. The van der Waals surface area contributed by atoms with Crippen molar-refractivity contribution in [3.05, 3.63) is 59.4 Å². The van der Waals surface area contributed by atoms with Crippen LogP contribution in [0.5, 0.6) is 0 Å². The topological polar surface area (TPSA) is 45.2 Å². The molecule has 1 atom stereocenters. The highest BCUT2D eigenvalue weighted by atomic mass is 16.1. The van der Waals surface area contributed by atoms with Gasteiger partial charge in [-0.15, -0.1) is 0 Å². The number of nitrogens with zero attached hydrogens (tertiary/aromatic N) is 2. The molecule has 2 aromatic rings. The molecule has 0 bridgehead atoms. The second-order valence-corrected chi connectivity index (χ2v) is 6.38. The third kappa shape index (κ3) is 3.58. The first kappa shape index (κ1) is 16.5. The van der Waals surface area contributed by atoms with Crippen molar-refractivity contribution >= 4 is 11.6 Å². The summed E-state index contributed by atoms with van der Waals surface area (Å²) in [4.78, 5) is 19.4. The van der Waals surface area contributed by atoms with Gasteiger partial charge in [0.15, 0.2) is 0 Å². The lowest BCUT2D eigenvalue weighted by molar-refractivity contribution is 0.0934. The Morgan fingerprint density at radius 3 is 2.54 bits per heavy atom. The molecule has 4 nitrogen and oxygen atoms in total. The number of anilines is 1. The highest BCUT2D eigenvalue weighted by Gasteiger charge is 2.17. The Bertz CT molecular complexity index is 690. The van der Waals surface area contributed by atoms with Gasteiger partial charge in [-0.2, -0.15) is 0 Å². The molecule has 0 unspecified atom stereocenters. The number of aryl methyl sites for hydroxylation is 1. The molecule has 0 radical (unpaired) electrons. The molecule has 0 saturated carbocycles. The van der Waals surface area contributed by atoms with Gasteiger partial charge in [-0.25, -0.2) is 0 Å². The number of aromatic nitrogens is 1. The zero-order valence-corrected chi connectivity index (χ0v) is 14.5. The summed E-state index contributed by atoms with van der Waals surface area (Å²) in [5.74, 6) is -0.0418. The lowest BCUT2D eigenvalue weighted by Gasteiger charge is -2.20. The van der Waals surface area contributed by atoms with Crippen molar-refractivity contribution in [2.24, 2.45) is 0 Å². The SMILES string of the molecule is CC[C@H](NC(=O)c1ccc(N2CCCC2)cc1)c1ncccc1C. The maximum atomic E-state index is 12.6. The molecule has 24 heavy (non-hydrogen) atoms. The van der Waals surface area contributed by atoms with E-state index in [-0.39, 0.29) is 11.9 Å². The fourth-order valence-corrected chi connectivity index (χ4v) is 3.27. The minimum absolute atomic E-state index is 0.0418. The zero-order valence-electron chi connectivity index (χ0n) is 14.5. The van der Waals surface area contributed by atoms with Crippen LogP contribution in [0.2, 0.25) is 0 Å². The Morgan fingerprint density at radius 1 is 1.21 bits per heavy atom. The van der Waals surface area contributed by atoms with E-state index in [1.165, 1.54) is 18.5 Å². The van der Waals surface area contributed by atoms with E-state index in [1.807, 2.05) is 43.3 Å². The van der Waals surface area contributed by atoms with Gasteiger partial charge in [-0.3, -0.25) is 9.78 Å². The summed E-state index contributed by atoms with van der Waals surface area (Å²) in [6, 6.07) is 11.8. The third-order valence-corrected chi connectivity index (χ3v) is 4.69. The summed E-state index contributed by atoms with van der Waals surface area (Å²) in [5.41, 5.74) is 3.96. The largest absolute Gasteiger partial charge is 0.372 e. The number of hydrogen-bond acceptors (Lipinski definition) is 3. The smallest absolute Gasteiger partial charge is 0.251 e. The number of hydrogen-bond donors (Lipinski definition) is 1. The second-order valence-electron chi connectivity index (χ2n) is 6.38. The van der Waals surface area contributed by atoms with E-state index in [0.717, 1.165) is 30.8 Å². The molecular weight excluding hydrogens is 298 g/mol. The van der Waals surface area contributed by atoms with Gasteiger partial charge >= 0.3 is 0 Å².